The number of carbonyl (C=O) groups is 2. The van der Waals surface area contributed by atoms with E-state index in [2.05, 4.69) is 0 Å². The number of esters is 2. The summed E-state index contributed by atoms with van der Waals surface area (Å²) in [6, 6.07) is 0. The van der Waals surface area contributed by atoms with Crippen molar-refractivity contribution in [1.82, 2.24) is 0 Å². The molecule has 0 heterocycles. The van der Waals surface area contributed by atoms with Crippen LogP contribution in [0.4, 0.5) is 0 Å². The molecule has 0 aromatic carbocycles. The Labute approximate surface area is 398 Å². The highest BCUT2D eigenvalue weighted by Crippen LogP contribution is 2.34. The molecule has 0 N–H and O–H groups in total. The molecule has 0 aliphatic carbocycles. The van der Waals surface area contributed by atoms with Gasteiger partial charge < -0.3 is 9.47 Å². The largest absolute Gasteiger partial charge is 0.463 e. The first-order valence-corrected chi connectivity index (χ1v) is 27.2. The Morgan fingerprint density at radius 1 is 0.321 bits per heavy atom. The minimum Gasteiger partial charge on any atom is -0.463 e. The second-order valence-electron chi connectivity index (χ2n) is 14.7. The summed E-state index contributed by atoms with van der Waals surface area (Å²) < 4.78 is 5.33. The molecular formula is C40H68Cl10O4S2. The molecule has 0 radical (unpaired) electrons. The Morgan fingerprint density at radius 3 is 0.732 bits per heavy atom. The fourth-order valence-corrected chi connectivity index (χ4v) is 9.31. The zero-order valence-corrected chi connectivity index (χ0v) is 42.5. The highest BCUT2D eigenvalue weighted by atomic mass is 35.6. The van der Waals surface area contributed by atoms with Crippen molar-refractivity contribution in [3.63, 3.8) is 0 Å². The van der Waals surface area contributed by atoms with E-state index in [-0.39, 0.29) is 13.2 Å². The van der Waals surface area contributed by atoms with E-state index in [4.69, 9.17) is 125 Å². The van der Waals surface area contributed by atoms with Crippen LogP contribution in [0.5, 0.6) is 0 Å². The van der Waals surface area contributed by atoms with Gasteiger partial charge in [-0.05, 0) is 51.4 Å². The Bertz CT molecular complexity index is 879. The van der Waals surface area contributed by atoms with Gasteiger partial charge in [-0.1, -0.05) is 279 Å². The Hall–Kier alpha value is 2.54. The summed E-state index contributed by atoms with van der Waals surface area (Å²) in [5.41, 5.74) is 0. The summed E-state index contributed by atoms with van der Waals surface area (Å²) >= 11 is 59.9. The lowest BCUT2D eigenvalue weighted by molar-refractivity contribution is -0.144. The van der Waals surface area contributed by atoms with E-state index in [1.807, 2.05) is 0 Å². The zero-order valence-electron chi connectivity index (χ0n) is 33.3. The van der Waals surface area contributed by atoms with Crippen molar-refractivity contribution in [2.24, 2.45) is 0 Å². The van der Waals surface area contributed by atoms with Gasteiger partial charge in [-0.3, -0.25) is 0 Å². The van der Waals surface area contributed by atoms with Crippen LogP contribution in [-0.4, -0.2) is 52.9 Å². The van der Waals surface area contributed by atoms with Crippen LogP contribution in [0.1, 0.15) is 193 Å². The van der Waals surface area contributed by atoms with Crippen molar-refractivity contribution in [1.29, 1.82) is 0 Å². The van der Waals surface area contributed by atoms with E-state index < -0.39 is 28.2 Å². The average Bonchev–Trinajstić information content (AvgIpc) is 3.11. The van der Waals surface area contributed by atoms with Crippen molar-refractivity contribution < 1.29 is 19.1 Å². The smallest absolute Gasteiger partial charge is 0.342 e. The van der Waals surface area contributed by atoms with Gasteiger partial charge >= 0.3 is 11.9 Å². The molecule has 0 aliphatic rings. The van der Waals surface area contributed by atoms with Gasteiger partial charge in [-0.2, -0.15) is 0 Å². The summed E-state index contributed by atoms with van der Waals surface area (Å²) in [7, 11) is 3.02. The van der Waals surface area contributed by atoms with Crippen LogP contribution >= 0.6 is 138 Å². The number of rotatable bonds is 39. The van der Waals surface area contributed by atoms with E-state index in [1.165, 1.54) is 124 Å². The number of halogens is 10. The molecule has 0 bridgehead atoms. The molecule has 0 rings (SSSR count). The van der Waals surface area contributed by atoms with Crippen LogP contribution in [0.25, 0.3) is 0 Å². The van der Waals surface area contributed by atoms with Gasteiger partial charge in [0.05, 0.1) is 0 Å². The fraction of sp³-hybridized carbons (Fsp3) is 0.950. The summed E-state index contributed by atoms with van der Waals surface area (Å²) in [4.78, 5) is 24.8. The minimum absolute atomic E-state index is 0.198. The van der Waals surface area contributed by atoms with Crippen molar-refractivity contribution in [2.45, 2.75) is 209 Å². The minimum atomic E-state index is -1.53. The highest BCUT2D eigenvalue weighted by molar-refractivity contribution is 8.76. The van der Waals surface area contributed by atoms with Crippen LogP contribution in [0.15, 0.2) is 0 Å². The number of hydrogen-bond donors (Lipinski definition) is 0. The van der Waals surface area contributed by atoms with Crippen LogP contribution in [0, 0.1) is 0 Å². The second-order valence-corrected chi connectivity index (χ2v) is 25.4. The number of hydrogen-bond acceptors (Lipinski definition) is 6. The van der Waals surface area contributed by atoms with E-state index in [0.717, 1.165) is 64.2 Å². The summed E-state index contributed by atoms with van der Waals surface area (Å²) in [6.45, 7) is 0.396. The molecule has 0 saturated heterocycles. The van der Waals surface area contributed by atoms with Crippen molar-refractivity contribution >= 4 is 150 Å². The summed E-state index contributed by atoms with van der Waals surface area (Å²) in [5, 5.41) is 0. The third kappa shape index (κ3) is 40.6. The Kier molecular flexibility index (Phi) is 38.6. The average molecular weight is 1030 g/mol. The Morgan fingerprint density at radius 2 is 0.518 bits per heavy atom. The number of alkyl halides is 10. The van der Waals surface area contributed by atoms with Crippen molar-refractivity contribution in [2.75, 3.05) is 24.7 Å². The lowest BCUT2D eigenvalue weighted by atomic mass is 10.0. The molecule has 0 fully saturated rings. The monoisotopic (exact) mass is 1030 g/mol. The van der Waals surface area contributed by atoms with Crippen LogP contribution in [0.3, 0.4) is 0 Å². The van der Waals surface area contributed by atoms with Crippen molar-refractivity contribution in [3.8, 4) is 0 Å². The molecule has 334 valence electrons. The van der Waals surface area contributed by atoms with E-state index >= 15 is 0 Å². The summed E-state index contributed by atoms with van der Waals surface area (Å²) in [5.74, 6) is -0.0844. The van der Waals surface area contributed by atoms with Gasteiger partial charge in [0.25, 0.3) is 0 Å². The summed E-state index contributed by atoms with van der Waals surface area (Å²) in [6.07, 6.45) is 31.8. The molecule has 56 heavy (non-hydrogen) atoms. The van der Waals surface area contributed by atoms with Crippen LogP contribution in [-0.2, 0) is 19.1 Å². The van der Waals surface area contributed by atoms with E-state index in [0.29, 0.717) is 37.2 Å². The predicted molar refractivity (Wildman–Crippen MR) is 255 cm³/mol. The molecule has 0 unspecified atom stereocenters. The van der Waals surface area contributed by atoms with Gasteiger partial charge in [0.1, 0.15) is 13.2 Å². The molecule has 0 spiro atoms. The predicted octanol–water partition coefficient (Wildman–Crippen LogP) is 18.2. The molecular weight excluding hydrogens is 963 g/mol. The third-order valence-electron chi connectivity index (χ3n) is 9.38. The van der Waals surface area contributed by atoms with Crippen LogP contribution < -0.4 is 0 Å². The standard InChI is InChI=1S/C40H68Cl10O4S2/c41-37(42,27-23-19-15-11-7-3-1-5-9-13-17-21-25-29-39(45,46)47)35(51)53-31-33-55-56-34-32-54-36(52)38(43,44)28-24-20-16-12-8-4-2-6-10-14-18-22-26-30-40(48,49)50/h1-34H2. The first-order valence-electron chi connectivity index (χ1n) is 20.9. The maximum Gasteiger partial charge on any atom is 0.342 e. The van der Waals surface area contributed by atoms with Gasteiger partial charge in [-0.25, -0.2) is 9.59 Å². The molecule has 0 atom stereocenters. The molecule has 16 heteroatoms. The lowest BCUT2D eigenvalue weighted by Crippen LogP contribution is -2.29. The lowest BCUT2D eigenvalue weighted by Gasteiger charge is -2.18. The third-order valence-corrected chi connectivity index (χ3v) is 14.2. The van der Waals surface area contributed by atoms with E-state index in [9.17, 15) is 9.59 Å². The number of ether oxygens (including phenoxy) is 2. The molecule has 4 nitrogen and oxygen atoms in total. The molecule has 0 aromatic heterocycles. The molecule has 0 amide bonds. The quantitative estimate of drug-likeness (QED) is 0.0265. The number of unbranched alkanes of at least 4 members (excludes halogenated alkanes) is 24. The van der Waals surface area contributed by atoms with E-state index in [1.54, 1.807) is 0 Å². The van der Waals surface area contributed by atoms with Gasteiger partial charge in [0, 0.05) is 11.5 Å². The molecule has 0 aliphatic heterocycles. The SMILES string of the molecule is O=C(OCCSSCCOC(=O)C(Cl)(Cl)CCCCCCCCCCCCCCCC(Cl)(Cl)Cl)C(Cl)(Cl)CCCCCCCCCCCCCCCC(Cl)(Cl)Cl. The first-order chi connectivity index (χ1) is 26.5. The van der Waals surface area contributed by atoms with Crippen molar-refractivity contribution in [3.05, 3.63) is 0 Å². The molecule has 0 saturated carbocycles. The number of carbonyl (C=O) groups excluding carboxylic acids is 2. The second kappa shape index (κ2) is 37.0. The Balaban J connectivity index is 3.64. The fourth-order valence-electron chi connectivity index (χ4n) is 6.10. The normalized spacial score (nSPS) is 12.7. The topological polar surface area (TPSA) is 52.6 Å². The first kappa shape index (κ1) is 58.5. The molecule has 0 aromatic rings. The maximum absolute atomic E-state index is 12.4. The van der Waals surface area contributed by atoms with Gasteiger partial charge in [0.2, 0.25) is 8.67 Å². The zero-order chi connectivity index (χ0) is 42.0. The van der Waals surface area contributed by atoms with Crippen LogP contribution in [0.2, 0.25) is 0 Å². The van der Waals surface area contributed by atoms with Gasteiger partial charge in [0.15, 0.2) is 7.59 Å². The highest BCUT2D eigenvalue weighted by Gasteiger charge is 2.35. The maximum atomic E-state index is 12.4. The van der Waals surface area contributed by atoms with Gasteiger partial charge in [-0.15, -0.1) is 0 Å².